The van der Waals surface area contributed by atoms with Gasteiger partial charge < -0.3 is 19.7 Å². The predicted octanol–water partition coefficient (Wildman–Crippen LogP) is 3.61. The predicted molar refractivity (Wildman–Crippen MR) is 85.5 cm³/mol. The number of ether oxygens (including phenoxy) is 2. The second-order valence-electron chi connectivity index (χ2n) is 5.49. The fraction of sp³-hybridized carbons (Fsp3) is 0.533. The molecule has 0 bridgehead atoms. The van der Waals surface area contributed by atoms with Crippen LogP contribution >= 0.6 is 23.2 Å². The molecule has 0 radical (unpaired) electrons. The Bertz CT molecular complexity index is 542. The third kappa shape index (κ3) is 3.66. The van der Waals surface area contributed by atoms with Crippen LogP contribution in [0.1, 0.15) is 12.8 Å². The van der Waals surface area contributed by atoms with Gasteiger partial charge in [-0.25, -0.2) is 4.79 Å². The van der Waals surface area contributed by atoms with Crippen molar-refractivity contribution in [3.05, 3.63) is 28.2 Å². The Morgan fingerprint density at radius 2 is 1.86 bits per heavy atom. The summed E-state index contributed by atoms with van der Waals surface area (Å²) in [6, 6.07) is 4.85. The quantitative estimate of drug-likeness (QED) is 0.891. The minimum absolute atomic E-state index is 0.104. The van der Waals surface area contributed by atoms with Gasteiger partial charge >= 0.3 is 6.03 Å². The standard InChI is InChI=1S/C15H18Cl2N2O3/c16-11-1-2-12(17)13(9-11)18-15(20)19-5-3-10(4-6-19)14-21-7-8-22-14/h1-2,9-10,14H,3-8H2,(H,18,20). The van der Waals surface area contributed by atoms with Gasteiger partial charge in [0.15, 0.2) is 6.29 Å². The fourth-order valence-electron chi connectivity index (χ4n) is 2.81. The van der Waals surface area contributed by atoms with Crippen molar-refractivity contribution in [3.8, 4) is 0 Å². The Hall–Kier alpha value is -1.01. The van der Waals surface area contributed by atoms with E-state index in [-0.39, 0.29) is 12.3 Å². The van der Waals surface area contributed by atoms with E-state index in [9.17, 15) is 4.79 Å². The number of halogens is 2. The maximum Gasteiger partial charge on any atom is 0.321 e. The summed E-state index contributed by atoms with van der Waals surface area (Å²) in [5.74, 6) is 0.362. The van der Waals surface area contributed by atoms with E-state index in [1.165, 1.54) is 0 Å². The van der Waals surface area contributed by atoms with Crippen molar-refractivity contribution in [1.82, 2.24) is 4.90 Å². The minimum atomic E-state index is -0.157. The van der Waals surface area contributed by atoms with Crippen molar-refractivity contribution >= 4 is 34.9 Å². The Morgan fingerprint density at radius 3 is 2.55 bits per heavy atom. The summed E-state index contributed by atoms with van der Waals surface area (Å²) in [4.78, 5) is 14.1. The van der Waals surface area contributed by atoms with E-state index in [1.807, 2.05) is 0 Å². The Kier molecular flexibility index (Phi) is 5.08. The second-order valence-corrected chi connectivity index (χ2v) is 6.33. The van der Waals surface area contributed by atoms with Crippen LogP contribution in [0, 0.1) is 5.92 Å². The number of urea groups is 1. The zero-order valence-corrected chi connectivity index (χ0v) is 13.6. The molecule has 2 saturated heterocycles. The molecule has 0 saturated carbocycles. The van der Waals surface area contributed by atoms with E-state index in [1.54, 1.807) is 23.1 Å². The zero-order chi connectivity index (χ0) is 15.5. The number of rotatable bonds is 2. The summed E-state index contributed by atoms with van der Waals surface area (Å²) in [6.07, 6.45) is 1.65. The van der Waals surface area contributed by atoms with E-state index >= 15 is 0 Å². The first kappa shape index (κ1) is 15.9. The van der Waals surface area contributed by atoms with Crippen molar-refractivity contribution in [3.63, 3.8) is 0 Å². The third-order valence-electron chi connectivity index (χ3n) is 4.03. The molecule has 3 rings (SSSR count). The second kappa shape index (κ2) is 7.04. The molecule has 120 valence electrons. The van der Waals surface area contributed by atoms with E-state index in [2.05, 4.69) is 5.32 Å². The number of carbonyl (C=O) groups is 1. The highest BCUT2D eigenvalue weighted by Gasteiger charge is 2.31. The number of anilines is 1. The van der Waals surface area contributed by atoms with Crippen molar-refractivity contribution in [1.29, 1.82) is 0 Å². The Labute approximate surface area is 139 Å². The van der Waals surface area contributed by atoms with Gasteiger partial charge in [0, 0.05) is 24.0 Å². The van der Waals surface area contributed by atoms with Crippen LogP contribution < -0.4 is 5.32 Å². The van der Waals surface area contributed by atoms with Gasteiger partial charge in [0.25, 0.3) is 0 Å². The number of carbonyl (C=O) groups excluding carboxylic acids is 1. The summed E-state index contributed by atoms with van der Waals surface area (Å²) in [5, 5.41) is 3.82. The molecule has 2 heterocycles. The third-order valence-corrected chi connectivity index (χ3v) is 4.59. The first-order valence-corrected chi connectivity index (χ1v) is 8.13. The van der Waals surface area contributed by atoms with Gasteiger partial charge in [0.05, 0.1) is 23.9 Å². The largest absolute Gasteiger partial charge is 0.350 e. The molecule has 2 amide bonds. The molecular formula is C15H18Cl2N2O3. The van der Waals surface area contributed by atoms with Crippen LogP contribution in [0.25, 0.3) is 0 Å². The van der Waals surface area contributed by atoms with E-state index < -0.39 is 0 Å². The number of likely N-dealkylation sites (tertiary alicyclic amines) is 1. The lowest BCUT2D eigenvalue weighted by Gasteiger charge is -2.33. The summed E-state index contributed by atoms with van der Waals surface area (Å²) >= 11 is 12.0. The molecular weight excluding hydrogens is 327 g/mol. The van der Waals surface area contributed by atoms with Gasteiger partial charge in [0.2, 0.25) is 0 Å². The molecule has 0 spiro atoms. The number of hydrogen-bond acceptors (Lipinski definition) is 3. The molecule has 2 fully saturated rings. The van der Waals surface area contributed by atoms with Crippen LogP contribution in [0.2, 0.25) is 10.0 Å². The lowest BCUT2D eigenvalue weighted by atomic mass is 9.96. The molecule has 1 aromatic carbocycles. The molecule has 1 aromatic rings. The average molecular weight is 345 g/mol. The molecule has 0 aliphatic carbocycles. The number of hydrogen-bond donors (Lipinski definition) is 1. The van der Waals surface area contributed by atoms with Gasteiger partial charge in [-0.3, -0.25) is 0 Å². The lowest BCUT2D eigenvalue weighted by Crippen LogP contribution is -2.43. The van der Waals surface area contributed by atoms with Crippen LogP contribution in [-0.4, -0.2) is 43.5 Å². The molecule has 22 heavy (non-hydrogen) atoms. The van der Waals surface area contributed by atoms with Gasteiger partial charge in [-0.15, -0.1) is 0 Å². The van der Waals surface area contributed by atoms with Crippen LogP contribution in [0.3, 0.4) is 0 Å². The van der Waals surface area contributed by atoms with Crippen LogP contribution in [0.5, 0.6) is 0 Å². The molecule has 7 heteroatoms. The topological polar surface area (TPSA) is 50.8 Å². The maximum atomic E-state index is 12.3. The van der Waals surface area contributed by atoms with Crippen LogP contribution in [0.4, 0.5) is 10.5 Å². The van der Waals surface area contributed by atoms with Crippen molar-refractivity contribution in [2.24, 2.45) is 5.92 Å². The van der Waals surface area contributed by atoms with E-state index in [0.29, 0.717) is 48.0 Å². The van der Waals surface area contributed by atoms with E-state index in [4.69, 9.17) is 32.7 Å². The fourth-order valence-corrected chi connectivity index (χ4v) is 3.15. The molecule has 2 aliphatic heterocycles. The number of amides is 2. The normalized spacial score (nSPS) is 20.4. The summed E-state index contributed by atoms with van der Waals surface area (Å²) in [7, 11) is 0. The first-order valence-electron chi connectivity index (χ1n) is 7.37. The number of nitrogens with one attached hydrogen (secondary N) is 1. The van der Waals surface area contributed by atoms with E-state index in [0.717, 1.165) is 12.8 Å². The Morgan fingerprint density at radius 1 is 1.18 bits per heavy atom. The molecule has 5 nitrogen and oxygen atoms in total. The summed E-state index contributed by atoms with van der Waals surface area (Å²) in [6.45, 7) is 2.69. The zero-order valence-electron chi connectivity index (χ0n) is 12.1. The number of nitrogens with zero attached hydrogens (tertiary/aromatic N) is 1. The van der Waals surface area contributed by atoms with Gasteiger partial charge in [-0.1, -0.05) is 23.2 Å². The number of piperidine rings is 1. The molecule has 0 atom stereocenters. The Balaban J connectivity index is 1.54. The average Bonchev–Trinajstić information content (AvgIpc) is 3.05. The maximum absolute atomic E-state index is 12.3. The smallest absolute Gasteiger partial charge is 0.321 e. The summed E-state index contributed by atoms with van der Waals surface area (Å²) < 4.78 is 11.1. The molecule has 0 aromatic heterocycles. The highest BCUT2D eigenvalue weighted by molar-refractivity contribution is 6.35. The van der Waals surface area contributed by atoms with Crippen LogP contribution in [-0.2, 0) is 9.47 Å². The first-order chi connectivity index (χ1) is 10.6. The van der Waals surface area contributed by atoms with Crippen molar-refractivity contribution < 1.29 is 14.3 Å². The highest BCUT2D eigenvalue weighted by atomic mass is 35.5. The van der Waals surface area contributed by atoms with Gasteiger partial charge in [-0.2, -0.15) is 0 Å². The van der Waals surface area contributed by atoms with Crippen LogP contribution in [0.15, 0.2) is 18.2 Å². The lowest BCUT2D eigenvalue weighted by molar-refractivity contribution is -0.0950. The van der Waals surface area contributed by atoms with Gasteiger partial charge in [0.1, 0.15) is 0 Å². The molecule has 2 aliphatic rings. The van der Waals surface area contributed by atoms with Crippen molar-refractivity contribution in [2.75, 3.05) is 31.6 Å². The van der Waals surface area contributed by atoms with Crippen molar-refractivity contribution in [2.45, 2.75) is 19.1 Å². The molecule has 0 unspecified atom stereocenters. The van der Waals surface area contributed by atoms with Gasteiger partial charge in [-0.05, 0) is 31.0 Å². The molecule has 1 N–H and O–H groups in total. The number of benzene rings is 1. The summed E-state index contributed by atoms with van der Waals surface area (Å²) in [5.41, 5.74) is 0.531. The monoisotopic (exact) mass is 344 g/mol. The highest BCUT2D eigenvalue weighted by Crippen LogP contribution is 2.28. The SMILES string of the molecule is O=C(Nc1cc(Cl)ccc1Cl)N1CCC(C2OCCO2)CC1. The minimum Gasteiger partial charge on any atom is -0.350 e.